The number of hydrogen-bond acceptors (Lipinski definition) is 2. The largest absolute Gasteiger partial charge is 0.378 e. The van der Waals surface area contributed by atoms with Crippen LogP contribution in [0.3, 0.4) is 0 Å². The summed E-state index contributed by atoms with van der Waals surface area (Å²) in [6.45, 7) is 4.08. The van der Waals surface area contributed by atoms with Crippen molar-refractivity contribution in [1.82, 2.24) is 0 Å². The van der Waals surface area contributed by atoms with Crippen LogP contribution in [-0.2, 0) is 0 Å². The zero-order valence-electron chi connectivity index (χ0n) is 8.16. The van der Waals surface area contributed by atoms with Crippen molar-refractivity contribution < 1.29 is 0 Å². The van der Waals surface area contributed by atoms with Crippen molar-refractivity contribution in [2.24, 2.45) is 10.7 Å². The van der Waals surface area contributed by atoms with Crippen LogP contribution in [0.5, 0.6) is 0 Å². The molecule has 2 N–H and O–H groups in total. The van der Waals surface area contributed by atoms with E-state index in [2.05, 4.69) is 4.99 Å². The molecule has 13 heavy (non-hydrogen) atoms. The van der Waals surface area contributed by atoms with E-state index >= 15 is 0 Å². The van der Waals surface area contributed by atoms with E-state index in [1.165, 1.54) is 11.8 Å². The Kier molecular flexibility index (Phi) is 3.37. The van der Waals surface area contributed by atoms with Crippen LogP contribution in [0.1, 0.15) is 11.1 Å². The molecule has 0 spiro atoms. The van der Waals surface area contributed by atoms with E-state index < -0.39 is 0 Å². The number of nitrogens with two attached hydrogens (primary N) is 1. The summed E-state index contributed by atoms with van der Waals surface area (Å²) in [6, 6.07) is 6.11. The van der Waals surface area contributed by atoms with Crippen molar-refractivity contribution in [2.45, 2.75) is 13.8 Å². The lowest BCUT2D eigenvalue weighted by Gasteiger charge is -2.04. The third-order valence-corrected chi connectivity index (χ3v) is 2.38. The van der Waals surface area contributed by atoms with Gasteiger partial charge in [0, 0.05) is 0 Å². The summed E-state index contributed by atoms with van der Waals surface area (Å²) in [5, 5.41) is 0.609. The molecule has 0 amide bonds. The maximum atomic E-state index is 5.66. The fourth-order valence-electron chi connectivity index (χ4n) is 1.14. The predicted molar refractivity (Wildman–Crippen MR) is 60.7 cm³/mol. The number of benzene rings is 1. The molecule has 0 aliphatic heterocycles. The molecule has 0 saturated carbocycles. The van der Waals surface area contributed by atoms with Gasteiger partial charge >= 0.3 is 0 Å². The molecule has 0 aliphatic rings. The zero-order chi connectivity index (χ0) is 9.84. The Morgan fingerprint density at radius 2 is 1.85 bits per heavy atom. The summed E-state index contributed by atoms with van der Waals surface area (Å²) >= 11 is 1.46. The van der Waals surface area contributed by atoms with Crippen LogP contribution in [0.25, 0.3) is 0 Å². The van der Waals surface area contributed by atoms with Gasteiger partial charge in [0.2, 0.25) is 0 Å². The van der Waals surface area contributed by atoms with Gasteiger partial charge in [-0.15, -0.1) is 0 Å². The number of para-hydroxylation sites is 1. The summed E-state index contributed by atoms with van der Waals surface area (Å²) in [6.07, 6.45) is 1.92. The van der Waals surface area contributed by atoms with Gasteiger partial charge < -0.3 is 5.73 Å². The fourth-order valence-corrected chi connectivity index (χ4v) is 1.32. The molecule has 2 nitrogen and oxygen atoms in total. The number of aryl methyl sites for hydroxylation is 2. The molecule has 0 atom stereocenters. The Morgan fingerprint density at radius 3 is 2.31 bits per heavy atom. The van der Waals surface area contributed by atoms with Crippen LogP contribution in [0, 0.1) is 13.8 Å². The molecular weight excluding hydrogens is 180 g/mol. The highest BCUT2D eigenvalue weighted by Crippen LogP contribution is 2.23. The van der Waals surface area contributed by atoms with Crippen molar-refractivity contribution in [1.29, 1.82) is 0 Å². The third-order valence-electron chi connectivity index (χ3n) is 1.87. The molecule has 0 radical (unpaired) electrons. The molecule has 0 bridgehead atoms. The molecule has 0 aliphatic carbocycles. The van der Waals surface area contributed by atoms with Gasteiger partial charge in [0.1, 0.15) is 0 Å². The number of rotatable bonds is 1. The van der Waals surface area contributed by atoms with Crippen molar-refractivity contribution in [2.75, 3.05) is 6.26 Å². The maximum absolute atomic E-state index is 5.66. The highest BCUT2D eigenvalue weighted by atomic mass is 32.2. The summed E-state index contributed by atoms with van der Waals surface area (Å²) in [4.78, 5) is 4.33. The quantitative estimate of drug-likeness (QED) is 0.551. The number of nitrogens with zero attached hydrogens (tertiary/aromatic N) is 1. The normalized spacial score (nSPS) is 11.8. The molecule has 0 fully saturated rings. The van der Waals surface area contributed by atoms with Crippen molar-refractivity contribution >= 4 is 22.6 Å². The van der Waals surface area contributed by atoms with Crippen LogP contribution in [-0.4, -0.2) is 11.4 Å². The highest BCUT2D eigenvalue weighted by molar-refractivity contribution is 8.13. The first-order valence-electron chi connectivity index (χ1n) is 4.09. The molecule has 1 rings (SSSR count). The highest BCUT2D eigenvalue weighted by Gasteiger charge is 2.00. The average molecular weight is 194 g/mol. The Balaban J connectivity index is 3.14. The van der Waals surface area contributed by atoms with Crippen LogP contribution in [0.15, 0.2) is 23.2 Å². The van der Waals surface area contributed by atoms with Gasteiger partial charge in [0.05, 0.1) is 5.69 Å². The molecule has 3 heteroatoms. The van der Waals surface area contributed by atoms with Crippen LogP contribution in [0.2, 0.25) is 0 Å². The fraction of sp³-hybridized carbons (Fsp3) is 0.300. The summed E-state index contributed by atoms with van der Waals surface area (Å²) in [5.74, 6) is 0. The van der Waals surface area contributed by atoms with Gasteiger partial charge in [0.15, 0.2) is 5.17 Å². The van der Waals surface area contributed by atoms with Crippen LogP contribution < -0.4 is 5.73 Å². The Hall–Kier alpha value is -0.960. The minimum Gasteiger partial charge on any atom is -0.378 e. The third kappa shape index (κ3) is 2.49. The van der Waals surface area contributed by atoms with E-state index in [0.29, 0.717) is 5.17 Å². The summed E-state index contributed by atoms with van der Waals surface area (Å²) < 4.78 is 0. The Labute approximate surface area is 83.2 Å². The number of amidine groups is 1. The molecule has 0 aromatic heterocycles. The SMILES string of the molecule is CS/C(N)=N\c1c(C)cccc1C. The summed E-state index contributed by atoms with van der Waals surface area (Å²) in [5.41, 5.74) is 8.98. The second-order valence-corrected chi connectivity index (χ2v) is 3.72. The Morgan fingerprint density at radius 1 is 1.31 bits per heavy atom. The minimum absolute atomic E-state index is 0.609. The van der Waals surface area contributed by atoms with Crippen molar-refractivity contribution in [3.05, 3.63) is 29.3 Å². The van der Waals surface area contributed by atoms with Gasteiger partial charge in [-0.1, -0.05) is 30.0 Å². The lowest BCUT2D eigenvalue weighted by atomic mass is 10.1. The minimum atomic E-state index is 0.609. The van der Waals surface area contributed by atoms with E-state index in [0.717, 1.165) is 16.8 Å². The topological polar surface area (TPSA) is 38.4 Å². The second-order valence-electron chi connectivity index (χ2n) is 2.89. The van der Waals surface area contributed by atoms with Gasteiger partial charge in [-0.05, 0) is 31.2 Å². The predicted octanol–water partition coefficient (Wildman–Crippen LogP) is 2.61. The smallest absolute Gasteiger partial charge is 0.158 e. The van der Waals surface area contributed by atoms with E-state index in [9.17, 15) is 0 Å². The molecule has 1 aromatic rings. The van der Waals surface area contributed by atoms with Crippen LogP contribution >= 0.6 is 11.8 Å². The Bertz CT molecular complexity index is 311. The number of hydrogen-bond donors (Lipinski definition) is 1. The van der Waals surface area contributed by atoms with E-state index in [-0.39, 0.29) is 0 Å². The zero-order valence-corrected chi connectivity index (χ0v) is 8.98. The lowest BCUT2D eigenvalue weighted by Crippen LogP contribution is -2.04. The van der Waals surface area contributed by atoms with Gasteiger partial charge in [0.25, 0.3) is 0 Å². The van der Waals surface area contributed by atoms with E-state index in [4.69, 9.17) is 5.73 Å². The lowest BCUT2D eigenvalue weighted by molar-refractivity contribution is 1.33. The first kappa shape index (κ1) is 10.1. The van der Waals surface area contributed by atoms with Crippen LogP contribution in [0.4, 0.5) is 5.69 Å². The molecule has 0 unspecified atom stereocenters. The van der Waals surface area contributed by atoms with Gasteiger partial charge in [-0.2, -0.15) is 0 Å². The van der Waals surface area contributed by atoms with Gasteiger partial charge in [-0.3, -0.25) is 0 Å². The standard InChI is InChI=1S/C10H14N2S/c1-7-5-4-6-8(2)9(7)12-10(11)13-3/h4-6H,1-3H3,(H2,11,12). The van der Waals surface area contributed by atoms with Crippen molar-refractivity contribution in [3.63, 3.8) is 0 Å². The van der Waals surface area contributed by atoms with Gasteiger partial charge in [-0.25, -0.2) is 4.99 Å². The number of aliphatic imine (C=N–C) groups is 1. The maximum Gasteiger partial charge on any atom is 0.158 e. The second kappa shape index (κ2) is 4.33. The first-order chi connectivity index (χ1) is 6.15. The monoisotopic (exact) mass is 194 g/mol. The first-order valence-corrected chi connectivity index (χ1v) is 5.32. The average Bonchev–Trinajstić information content (AvgIpc) is 2.11. The van der Waals surface area contributed by atoms with Crippen molar-refractivity contribution in [3.8, 4) is 0 Å². The molecule has 70 valence electrons. The summed E-state index contributed by atoms with van der Waals surface area (Å²) in [7, 11) is 0. The van der Waals surface area contributed by atoms with E-state index in [1.807, 2.05) is 38.3 Å². The molecule has 0 saturated heterocycles. The molecule has 1 aromatic carbocycles. The van der Waals surface area contributed by atoms with E-state index in [1.54, 1.807) is 0 Å². The molecular formula is C10H14N2S. The molecule has 0 heterocycles. The number of thioether (sulfide) groups is 1.